The summed E-state index contributed by atoms with van der Waals surface area (Å²) in [6.07, 6.45) is 9.87. The fraction of sp³-hybridized carbons (Fsp3) is 0.0556. The fourth-order valence-corrected chi connectivity index (χ4v) is 2.01. The maximum absolute atomic E-state index is 11.7. The highest BCUT2D eigenvalue weighted by atomic mass is 16.3. The van der Waals surface area contributed by atoms with Crippen molar-refractivity contribution in [3.8, 4) is 11.3 Å². The lowest BCUT2D eigenvalue weighted by Gasteiger charge is -2.04. The quantitative estimate of drug-likeness (QED) is 0.736. The zero-order chi connectivity index (χ0) is 15.9. The summed E-state index contributed by atoms with van der Waals surface area (Å²) in [6, 6.07) is 11.2. The molecule has 0 aromatic carbocycles. The molecule has 3 aromatic rings. The van der Waals surface area contributed by atoms with Crippen LogP contribution in [0.2, 0.25) is 0 Å². The number of amides is 1. The van der Waals surface area contributed by atoms with Crippen molar-refractivity contribution < 1.29 is 9.21 Å². The third-order valence-electron chi connectivity index (χ3n) is 3.19. The zero-order valence-electron chi connectivity index (χ0n) is 12.3. The zero-order valence-corrected chi connectivity index (χ0v) is 12.3. The van der Waals surface area contributed by atoms with Crippen LogP contribution in [0, 0.1) is 0 Å². The van der Waals surface area contributed by atoms with E-state index in [4.69, 9.17) is 4.42 Å². The van der Waals surface area contributed by atoms with E-state index in [1.807, 2.05) is 24.3 Å². The van der Waals surface area contributed by atoms with Crippen LogP contribution in [0.1, 0.15) is 11.3 Å². The van der Waals surface area contributed by atoms with Crippen LogP contribution in [0.3, 0.4) is 0 Å². The molecule has 23 heavy (non-hydrogen) atoms. The molecule has 3 heterocycles. The summed E-state index contributed by atoms with van der Waals surface area (Å²) in [5.41, 5.74) is 2.74. The minimum atomic E-state index is -0.183. The van der Waals surface area contributed by atoms with Crippen LogP contribution in [0.15, 0.2) is 71.7 Å². The van der Waals surface area contributed by atoms with Crippen LogP contribution in [-0.2, 0) is 11.3 Å². The molecule has 0 aliphatic rings. The summed E-state index contributed by atoms with van der Waals surface area (Å²) in [7, 11) is 0. The lowest BCUT2D eigenvalue weighted by molar-refractivity contribution is -0.116. The molecule has 0 fully saturated rings. The van der Waals surface area contributed by atoms with Gasteiger partial charge in [0.25, 0.3) is 0 Å². The van der Waals surface area contributed by atoms with Gasteiger partial charge in [0.15, 0.2) is 0 Å². The third-order valence-corrected chi connectivity index (χ3v) is 3.19. The molecule has 0 saturated carbocycles. The maximum Gasteiger partial charge on any atom is 0.244 e. The van der Waals surface area contributed by atoms with E-state index in [9.17, 15) is 4.79 Å². The normalized spacial score (nSPS) is 10.8. The average Bonchev–Trinajstić information content (AvgIpc) is 3.13. The maximum atomic E-state index is 11.7. The van der Waals surface area contributed by atoms with Crippen LogP contribution >= 0.6 is 0 Å². The van der Waals surface area contributed by atoms with E-state index in [2.05, 4.69) is 15.3 Å². The van der Waals surface area contributed by atoms with Gasteiger partial charge in [-0.15, -0.1) is 0 Å². The first kappa shape index (κ1) is 14.7. The van der Waals surface area contributed by atoms with Crippen molar-refractivity contribution in [1.29, 1.82) is 0 Å². The number of pyridine rings is 2. The van der Waals surface area contributed by atoms with E-state index in [-0.39, 0.29) is 5.91 Å². The molecule has 1 amide bonds. The average molecular weight is 305 g/mol. The van der Waals surface area contributed by atoms with E-state index in [1.165, 1.54) is 6.08 Å². The first-order valence-corrected chi connectivity index (χ1v) is 7.16. The highest BCUT2D eigenvalue weighted by Crippen LogP contribution is 2.15. The van der Waals surface area contributed by atoms with Gasteiger partial charge >= 0.3 is 0 Å². The molecule has 0 atom stereocenters. The van der Waals surface area contributed by atoms with Gasteiger partial charge < -0.3 is 9.73 Å². The van der Waals surface area contributed by atoms with Crippen LogP contribution in [0.25, 0.3) is 17.3 Å². The van der Waals surface area contributed by atoms with Crippen LogP contribution in [0.5, 0.6) is 0 Å². The second-order valence-electron chi connectivity index (χ2n) is 4.86. The number of furan rings is 1. The Bertz CT molecular complexity index is 779. The molecule has 0 radical (unpaired) electrons. The van der Waals surface area contributed by atoms with Gasteiger partial charge in [-0.05, 0) is 42.0 Å². The molecule has 3 aromatic heterocycles. The van der Waals surface area contributed by atoms with E-state index in [1.54, 1.807) is 43.1 Å². The van der Waals surface area contributed by atoms with Crippen LogP contribution < -0.4 is 5.32 Å². The Morgan fingerprint density at radius 1 is 1.17 bits per heavy atom. The largest absolute Gasteiger partial charge is 0.465 e. The lowest BCUT2D eigenvalue weighted by Crippen LogP contribution is -2.20. The van der Waals surface area contributed by atoms with Crippen molar-refractivity contribution in [1.82, 2.24) is 15.3 Å². The van der Waals surface area contributed by atoms with Gasteiger partial charge in [-0.2, -0.15) is 0 Å². The third kappa shape index (κ3) is 4.14. The Morgan fingerprint density at radius 2 is 2.13 bits per heavy atom. The highest BCUT2D eigenvalue weighted by Gasteiger charge is 2.01. The van der Waals surface area contributed by atoms with E-state index >= 15 is 0 Å². The Kier molecular flexibility index (Phi) is 4.59. The highest BCUT2D eigenvalue weighted by molar-refractivity contribution is 5.91. The Hall–Kier alpha value is -3.21. The minimum Gasteiger partial charge on any atom is -0.465 e. The molecule has 3 rings (SSSR count). The Labute approximate surface area is 133 Å². The summed E-state index contributed by atoms with van der Waals surface area (Å²) in [4.78, 5) is 20.2. The first-order valence-electron chi connectivity index (χ1n) is 7.16. The molecule has 0 aliphatic heterocycles. The van der Waals surface area contributed by atoms with Crippen LogP contribution in [0.4, 0.5) is 0 Å². The van der Waals surface area contributed by atoms with Gasteiger partial charge in [0.05, 0.1) is 12.0 Å². The predicted octanol–water partition coefficient (Wildman–Crippen LogP) is 3.07. The minimum absolute atomic E-state index is 0.183. The number of rotatable bonds is 5. The molecular formula is C18H15N3O2. The molecule has 5 nitrogen and oxygen atoms in total. The summed E-state index contributed by atoms with van der Waals surface area (Å²) in [5.74, 6) is 0.459. The van der Waals surface area contributed by atoms with Crippen LogP contribution in [-0.4, -0.2) is 15.9 Å². The second kappa shape index (κ2) is 7.17. The van der Waals surface area contributed by atoms with Gasteiger partial charge in [-0.25, -0.2) is 0 Å². The number of carbonyl (C=O) groups excluding carboxylic acids is 1. The summed E-state index contributed by atoms with van der Waals surface area (Å²) >= 11 is 0. The number of nitrogens with one attached hydrogen (secondary N) is 1. The van der Waals surface area contributed by atoms with Crippen molar-refractivity contribution in [2.75, 3.05) is 0 Å². The van der Waals surface area contributed by atoms with E-state index in [0.29, 0.717) is 12.3 Å². The van der Waals surface area contributed by atoms with Gasteiger partial charge in [0, 0.05) is 36.8 Å². The summed E-state index contributed by atoms with van der Waals surface area (Å²) in [6.45, 7) is 0.418. The van der Waals surface area contributed by atoms with Gasteiger partial charge in [0.1, 0.15) is 5.76 Å². The van der Waals surface area contributed by atoms with Crippen molar-refractivity contribution >= 4 is 12.0 Å². The Balaban J connectivity index is 1.55. The monoisotopic (exact) mass is 305 g/mol. The van der Waals surface area contributed by atoms with Gasteiger partial charge in [-0.1, -0.05) is 6.07 Å². The van der Waals surface area contributed by atoms with E-state index in [0.717, 1.165) is 16.8 Å². The first-order chi connectivity index (χ1) is 11.3. The molecule has 114 valence electrons. The molecule has 0 saturated heterocycles. The topological polar surface area (TPSA) is 68.0 Å². The standard InChI is InChI=1S/C18H15N3O2/c22-18(8-6-16-4-2-10-23-16)21-12-14-5-7-17(20-11-14)15-3-1-9-19-13-15/h1-11,13H,12H2,(H,21,22)/b8-6+. The SMILES string of the molecule is O=C(/C=C/c1ccco1)NCc1ccc(-c2cccnc2)nc1. The van der Waals surface area contributed by atoms with Crippen molar-refractivity contribution in [2.24, 2.45) is 0 Å². The molecule has 0 spiro atoms. The molecule has 0 unspecified atom stereocenters. The van der Waals surface area contributed by atoms with Crippen molar-refractivity contribution in [3.05, 3.63) is 78.7 Å². The van der Waals surface area contributed by atoms with E-state index < -0.39 is 0 Å². The number of nitrogens with zero attached hydrogens (tertiary/aromatic N) is 2. The molecule has 0 bridgehead atoms. The Morgan fingerprint density at radius 3 is 2.83 bits per heavy atom. The van der Waals surface area contributed by atoms with Gasteiger partial charge in [0.2, 0.25) is 5.91 Å². The summed E-state index contributed by atoms with van der Waals surface area (Å²) in [5, 5.41) is 2.80. The molecule has 0 aliphatic carbocycles. The second-order valence-corrected chi connectivity index (χ2v) is 4.86. The lowest BCUT2D eigenvalue weighted by atomic mass is 10.1. The predicted molar refractivity (Wildman–Crippen MR) is 87.1 cm³/mol. The number of hydrogen-bond acceptors (Lipinski definition) is 4. The number of aromatic nitrogens is 2. The number of hydrogen-bond donors (Lipinski definition) is 1. The molecule has 5 heteroatoms. The molecule has 1 N–H and O–H groups in total. The van der Waals surface area contributed by atoms with Crippen molar-refractivity contribution in [2.45, 2.75) is 6.54 Å². The van der Waals surface area contributed by atoms with Crippen molar-refractivity contribution in [3.63, 3.8) is 0 Å². The number of carbonyl (C=O) groups is 1. The fourth-order valence-electron chi connectivity index (χ4n) is 2.01. The van der Waals surface area contributed by atoms with Gasteiger partial charge in [-0.3, -0.25) is 14.8 Å². The smallest absolute Gasteiger partial charge is 0.244 e. The summed E-state index contributed by atoms with van der Waals surface area (Å²) < 4.78 is 5.12. The molecular weight excluding hydrogens is 290 g/mol.